The lowest BCUT2D eigenvalue weighted by Crippen LogP contribution is -2.25. The van der Waals surface area contributed by atoms with Gasteiger partial charge in [0.2, 0.25) is 11.2 Å². The summed E-state index contributed by atoms with van der Waals surface area (Å²) in [7, 11) is 1.70. The highest BCUT2D eigenvalue weighted by atomic mass is 35.5. The average Bonchev–Trinajstić information content (AvgIpc) is 2.97. The Morgan fingerprint density at radius 3 is 2.81 bits per heavy atom. The first-order valence-electron chi connectivity index (χ1n) is 6.64. The molecule has 0 aliphatic heterocycles. The SMILES string of the molecule is COCCC(C)(C)CNc1nc(Cl)nc(-n2cccn2)n1. The highest BCUT2D eigenvalue weighted by molar-refractivity contribution is 6.28. The van der Waals surface area contributed by atoms with E-state index in [0.717, 1.165) is 6.42 Å². The van der Waals surface area contributed by atoms with Crippen molar-refractivity contribution in [3.63, 3.8) is 0 Å². The quantitative estimate of drug-likeness (QED) is 0.844. The second-order valence-corrected chi connectivity index (χ2v) is 5.78. The molecule has 114 valence electrons. The van der Waals surface area contributed by atoms with Crippen molar-refractivity contribution in [3.8, 4) is 5.95 Å². The Morgan fingerprint density at radius 2 is 2.14 bits per heavy atom. The third kappa shape index (κ3) is 4.64. The molecule has 0 aliphatic rings. The highest BCUT2D eigenvalue weighted by Crippen LogP contribution is 2.20. The van der Waals surface area contributed by atoms with Crippen LogP contribution in [-0.4, -0.2) is 45.0 Å². The maximum Gasteiger partial charge on any atom is 0.256 e. The Hall–Kier alpha value is -1.73. The van der Waals surface area contributed by atoms with Crippen molar-refractivity contribution in [2.24, 2.45) is 5.41 Å². The summed E-state index contributed by atoms with van der Waals surface area (Å²) in [6, 6.07) is 1.79. The molecule has 1 N–H and O–H groups in total. The van der Waals surface area contributed by atoms with Crippen molar-refractivity contribution >= 4 is 17.5 Å². The van der Waals surface area contributed by atoms with Crippen molar-refractivity contribution in [2.45, 2.75) is 20.3 Å². The third-order valence-electron chi connectivity index (χ3n) is 3.01. The molecule has 7 nitrogen and oxygen atoms in total. The molecule has 2 rings (SSSR count). The van der Waals surface area contributed by atoms with E-state index >= 15 is 0 Å². The zero-order valence-corrected chi connectivity index (χ0v) is 13.1. The van der Waals surface area contributed by atoms with Gasteiger partial charge in [-0.2, -0.15) is 20.1 Å². The van der Waals surface area contributed by atoms with Gasteiger partial charge in [-0.3, -0.25) is 0 Å². The minimum absolute atomic E-state index is 0.0565. The summed E-state index contributed by atoms with van der Waals surface area (Å²) in [5.74, 6) is 0.822. The summed E-state index contributed by atoms with van der Waals surface area (Å²) >= 11 is 5.94. The van der Waals surface area contributed by atoms with Gasteiger partial charge in [0.15, 0.2) is 0 Å². The molecule has 0 saturated carbocycles. The molecule has 0 fully saturated rings. The van der Waals surface area contributed by atoms with Gasteiger partial charge in [0, 0.05) is 32.7 Å². The number of nitrogens with zero attached hydrogens (tertiary/aromatic N) is 5. The normalized spacial score (nSPS) is 11.6. The Balaban J connectivity index is 2.07. The molecule has 0 amide bonds. The van der Waals surface area contributed by atoms with Crippen LogP contribution in [0.4, 0.5) is 5.95 Å². The minimum atomic E-state index is 0.0565. The van der Waals surface area contributed by atoms with E-state index in [4.69, 9.17) is 16.3 Å². The molecule has 0 atom stereocenters. The predicted octanol–water partition coefficient (Wildman–Crippen LogP) is 2.19. The van der Waals surface area contributed by atoms with Gasteiger partial charge in [-0.25, -0.2) is 4.68 Å². The van der Waals surface area contributed by atoms with Crippen molar-refractivity contribution in [1.82, 2.24) is 24.7 Å². The lowest BCUT2D eigenvalue weighted by Gasteiger charge is -2.24. The molecular formula is C13H19ClN6O. The number of hydrogen-bond donors (Lipinski definition) is 1. The van der Waals surface area contributed by atoms with E-state index < -0.39 is 0 Å². The second kappa shape index (κ2) is 6.82. The molecule has 8 heteroatoms. The van der Waals surface area contributed by atoms with Crippen LogP contribution in [0.5, 0.6) is 0 Å². The Kier molecular flexibility index (Phi) is 5.08. The van der Waals surface area contributed by atoms with Gasteiger partial charge in [0.05, 0.1) is 0 Å². The minimum Gasteiger partial charge on any atom is -0.385 e. The molecule has 0 radical (unpaired) electrons. The fourth-order valence-corrected chi connectivity index (χ4v) is 1.85. The molecule has 0 unspecified atom stereocenters. The van der Waals surface area contributed by atoms with Gasteiger partial charge in [0.1, 0.15) is 0 Å². The first-order valence-corrected chi connectivity index (χ1v) is 7.02. The van der Waals surface area contributed by atoms with Crippen molar-refractivity contribution in [1.29, 1.82) is 0 Å². The summed E-state index contributed by atoms with van der Waals surface area (Å²) in [6.45, 7) is 5.72. The number of ether oxygens (including phenoxy) is 1. The maximum atomic E-state index is 5.94. The van der Waals surface area contributed by atoms with E-state index in [-0.39, 0.29) is 10.7 Å². The van der Waals surface area contributed by atoms with Gasteiger partial charge in [0.25, 0.3) is 5.95 Å². The number of anilines is 1. The summed E-state index contributed by atoms with van der Waals surface area (Å²) in [4.78, 5) is 12.5. The van der Waals surface area contributed by atoms with Crippen LogP contribution in [0.15, 0.2) is 18.5 Å². The van der Waals surface area contributed by atoms with Crippen molar-refractivity contribution in [2.75, 3.05) is 25.6 Å². The van der Waals surface area contributed by atoms with Crippen molar-refractivity contribution < 1.29 is 4.74 Å². The molecule has 2 aromatic heterocycles. The third-order valence-corrected chi connectivity index (χ3v) is 3.18. The first-order chi connectivity index (χ1) is 10.00. The molecule has 0 bridgehead atoms. The number of aromatic nitrogens is 5. The molecule has 0 spiro atoms. The molecule has 0 saturated heterocycles. The van der Waals surface area contributed by atoms with Crippen LogP contribution in [0.3, 0.4) is 0 Å². The molecular weight excluding hydrogens is 292 g/mol. The van der Waals surface area contributed by atoms with E-state index in [1.807, 2.05) is 0 Å². The van der Waals surface area contributed by atoms with Crippen LogP contribution in [0.25, 0.3) is 5.95 Å². The van der Waals surface area contributed by atoms with Crippen LogP contribution in [0.2, 0.25) is 5.28 Å². The van der Waals surface area contributed by atoms with Crippen LogP contribution < -0.4 is 5.32 Å². The topological polar surface area (TPSA) is 77.8 Å². The molecule has 0 aliphatic carbocycles. The molecule has 21 heavy (non-hydrogen) atoms. The Morgan fingerprint density at radius 1 is 1.33 bits per heavy atom. The number of methoxy groups -OCH3 is 1. The lowest BCUT2D eigenvalue weighted by atomic mass is 9.90. The number of hydrogen-bond acceptors (Lipinski definition) is 6. The molecule has 2 heterocycles. The summed E-state index contributed by atoms with van der Waals surface area (Å²) in [5, 5.41) is 7.40. The molecule has 0 aromatic carbocycles. The predicted molar refractivity (Wildman–Crippen MR) is 80.7 cm³/mol. The van der Waals surface area contributed by atoms with E-state index in [9.17, 15) is 0 Å². The van der Waals surface area contributed by atoms with Gasteiger partial charge in [-0.15, -0.1) is 0 Å². The zero-order chi connectivity index (χ0) is 15.3. The number of nitrogens with one attached hydrogen (secondary N) is 1. The fraction of sp³-hybridized carbons (Fsp3) is 0.538. The molecule has 2 aromatic rings. The van der Waals surface area contributed by atoms with Gasteiger partial charge in [-0.05, 0) is 29.5 Å². The maximum absolute atomic E-state index is 5.94. The number of halogens is 1. The van der Waals surface area contributed by atoms with Gasteiger partial charge >= 0.3 is 0 Å². The smallest absolute Gasteiger partial charge is 0.256 e. The summed E-state index contributed by atoms with van der Waals surface area (Å²) < 4.78 is 6.65. The Bertz CT molecular complexity index is 572. The van der Waals surface area contributed by atoms with E-state index in [1.54, 1.807) is 25.6 Å². The zero-order valence-electron chi connectivity index (χ0n) is 12.4. The van der Waals surface area contributed by atoms with Crippen molar-refractivity contribution in [3.05, 3.63) is 23.7 Å². The largest absolute Gasteiger partial charge is 0.385 e. The van der Waals surface area contributed by atoms with E-state index in [0.29, 0.717) is 25.0 Å². The summed E-state index contributed by atoms with van der Waals surface area (Å²) in [5.41, 5.74) is 0.0565. The lowest BCUT2D eigenvalue weighted by molar-refractivity contribution is 0.157. The van der Waals surface area contributed by atoms with Gasteiger partial charge < -0.3 is 10.1 Å². The average molecular weight is 311 g/mol. The highest BCUT2D eigenvalue weighted by Gasteiger charge is 2.18. The van der Waals surface area contributed by atoms with Gasteiger partial charge in [-0.1, -0.05) is 13.8 Å². The number of rotatable bonds is 7. The first kappa shape index (κ1) is 15.7. The monoisotopic (exact) mass is 310 g/mol. The standard InChI is InChI=1S/C13H19ClN6O/c1-13(2,5-8-21-3)9-15-11-17-10(14)18-12(19-11)20-7-4-6-16-20/h4,6-7H,5,8-9H2,1-3H3,(H,15,17,18,19). The summed E-state index contributed by atoms with van der Waals surface area (Å²) in [6.07, 6.45) is 4.33. The fourth-order valence-electron chi connectivity index (χ4n) is 1.69. The van der Waals surface area contributed by atoms with Crippen LogP contribution in [0.1, 0.15) is 20.3 Å². The van der Waals surface area contributed by atoms with Crippen LogP contribution >= 0.6 is 11.6 Å². The van der Waals surface area contributed by atoms with Crippen LogP contribution in [-0.2, 0) is 4.74 Å². The van der Waals surface area contributed by atoms with E-state index in [1.165, 1.54) is 4.68 Å². The second-order valence-electron chi connectivity index (χ2n) is 5.44. The van der Waals surface area contributed by atoms with Crippen LogP contribution in [0, 0.1) is 5.41 Å². The van der Waals surface area contributed by atoms with E-state index in [2.05, 4.69) is 39.2 Å². The Labute approximate surface area is 128 Å².